The van der Waals surface area contributed by atoms with Crippen LogP contribution in [0, 0.1) is 0 Å². The smallest absolute Gasteiger partial charge is 0.171 e. The number of rotatable bonds is 4. The number of ether oxygens (including phenoxy) is 1. The van der Waals surface area contributed by atoms with Gasteiger partial charge in [-0.05, 0) is 30.3 Å². The summed E-state index contributed by atoms with van der Waals surface area (Å²) >= 11 is 1.53. The molecule has 0 aliphatic rings. The van der Waals surface area contributed by atoms with E-state index in [4.69, 9.17) is 10.5 Å². The van der Waals surface area contributed by atoms with E-state index in [9.17, 15) is 4.79 Å². The summed E-state index contributed by atoms with van der Waals surface area (Å²) in [6.45, 7) is 0. The molecule has 0 saturated carbocycles. The van der Waals surface area contributed by atoms with Crippen molar-refractivity contribution in [3.63, 3.8) is 0 Å². The molecule has 21 heavy (non-hydrogen) atoms. The van der Waals surface area contributed by atoms with Crippen LogP contribution in [0.4, 0.5) is 5.69 Å². The Labute approximate surface area is 126 Å². The minimum atomic E-state index is -0.0505. The zero-order chi connectivity index (χ0) is 14.8. The molecule has 0 fully saturated rings. The van der Waals surface area contributed by atoms with Gasteiger partial charge in [0.05, 0.1) is 23.7 Å². The molecular formula is C16H14N2O2S. The normalized spacial score (nSPS) is 10.7. The van der Waals surface area contributed by atoms with Gasteiger partial charge in [-0.2, -0.15) is 0 Å². The number of anilines is 1. The number of para-hydroxylation sites is 1. The van der Waals surface area contributed by atoms with Crippen molar-refractivity contribution in [3.8, 4) is 5.75 Å². The van der Waals surface area contributed by atoms with E-state index in [1.165, 1.54) is 11.3 Å². The summed E-state index contributed by atoms with van der Waals surface area (Å²) in [5, 5.41) is 0.795. The van der Waals surface area contributed by atoms with Crippen LogP contribution in [0.1, 0.15) is 15.4 Å². The van der Waals surface area contributed by atoms with Gasteiger partial charge in [0.25, 0.3) is 0 Å². The van der Waals surface area contributed by atoms with Crippen molar-refractivity contribution in [2.75, 3.05) is 12.8 Å². The van der Waals surface area contributed by atoms with E-state index in [0.717, 1.165) is 15.2 Å². The molecule has 0 spiro atoms. The summed E-state index contributed by atoms with van der Waals surface area (Å²) in [6.07, 6.45) is 0.247. The third kappa shape index (κ3) is 2.73. The minimum absolute atomic E-state index is 0.0505. The first kappa shape index (κ1) is 13.6. The maximum Gasteiger partial charge on any atom is 0.171 e. The lowest BCUT2D eigenvalue weighted by Gasteiger charge is -2.06. The molecule has 0 aliphatic heterocycles. The molecule has 4 nitrogen and oxygen atoms in total. The molecule has 106 valence electrons. The Morgan fingerprint density at radius 3 is 2.86 bits per heavy atom. The number of nitrogen functional groups attached to an aromatic ring is 1. The van der Waals surface area contributed by atoms with E-state index in [2.05, 4.69) is 4.98 Å². The molecule has 1 heterocycles. The highest BCUT2D eigenvalue weighted by Gasteiger charge is 2.14. The van der Waals surface area contributed by atoms with Crippen molar-refractivity contribution in [1.29, 1.82) is 0 Å². The molecule has 0 saturated heterocycles. The predicted molar refractivity (Wildman–Crippen MR) is 85.1 cm³/mol. The number of aromatic nitrogens is 1. The van der Waals surface area contributed by atoms with Crippen molar-refractivity contribution in [1.82, 2.24) is 4.98 Å². The Bertz CT molecular complexity index is 778. The van der Waals surface area contributed by atoms with Crippen LogP contribution in [0.15, 0.2) is 42.5 Å². The van der Waals surface area contributed by atoms with E-state index in [0.29, 0.717) is 17.0 Å². The lowest BCUT2D eigenvalue weighted by atomic mass is 10.1. The number of thiazole rings is 1. The molecule has 0 atom stereocenters. The number of hydrogen-bond acceptors (Lipinski definition) is 5. The summed E-state index contributed by atoms with van der Waals surface area (Å²) in [6, 6.07) is 12.9. The van der Waals surface area contributed by atoms with E-state index in [1.807, 2.05) is 24.3 Å². The number of benzene rings is 2. The second-order valence-electron chi connectivity index (χ2n) is 4.63. The summed E-state index contributed by atoms with van der Waals surface area (Å²) in [5.41, 5.74) is 7.74. The molecule has 1 aromatic heterocycles. The largest absolute Gasteiger partial charge is 0.497 e. The van der Waals surface area contributed by atoms with Crippen LogP contribution in [0.3, 0.4) is 0 Å². The molecule has 3 rings (SSSR count). The fourth-order valence-electron chi connectivity index (χ4n) is 2.13. The molecule has 0 bridgehead atoms. The number of methoxy groups -OCH3 is 1. The fraction of sp³-hybridized carbons (Fsp3) is 0.125. The monoisotopic (exact) mass is 298 g/mol. The fourth-order valence-corrected chi connectivity index (χ4v) is 3.10. The summed E-state index contributed by atoms with van der Waals surface area (Å²) in [7, 11) is 1.56. The van der Waals surface area contributed by atoms with Crippen LogP contribution >= 0.6 is 11.3 Å². The second kappa shape index (κ2) is 5.54. The van der Waals surface area contributed by atoms with Gasteiger partial charge in [0, 0.05) is 11.3 Å². The molecule has 5 heteroatoms. The number of nitrogens with zero attached hydrogens (tertiary/aromatic N) is 1. The van der Waals surface area contributed by atoms with Gasteiger partial charge >= 0.3 is 0 Å². The van der Waals surface area contributed by atoms with Crippen LogP contribution < -0.4 is 10.5 Å². The Morgan fingerprint density at radius 1 is 1.29 bits per heavy atom. The van der Waals surface area contributed by atoms with Crippen LogP contribution in [-0.2, 0) is 6.42 Å². The molecule has 2 N–H and O–H groups in total. The maximum absolute atomic E-state index is 12.4. The summed E-state index contributed by atoms with van der Waals surface area (Å²) < 4.78 is 6.22. The quantitative estimate of drug-likeness (QED) is 0.593. The van der Waals surface area contributed by atoms with E-state index < -0.39 is 0 Å². The average Bonchev–Trinajstić information content (AvgIpc) is 2.89. The number of nitrogens with two attached hydrogens (primary N) is 1. The highest BCUT2D eigenvalue weighted by atomic mass is 32.1. The maximum atomic E-state index is 12.4. The Balaban J connectivity index is 1.89. The first-order chi connectivity index (χ1) is 10.2. The van der Waals surface area contributed by atoms with Gasteiger partial charge in [-0.15, -0.1) is 11.3 Å². The summed E-state index contributed by atoms with van der Waals surface area (Å²) in [4.78, 5) is 16.9. The van der Waals surface area contributed by atoms with Gasteiger partial charge in [0.2, 0.25) is 0 Å². The van der Waals surface area contributed by atoms with Crippen LogP contribution in [0.25, 0.3) is 10.2 Å². The molecule has 0 amide bonds. The average molecular weight is 298 g/mol. The van der Waals surface area contributed by atoms with E-state index in [1.54, 1.807) is 25.3 Å². The zero-order valence-corrected chi connectivity index (χ0v) is 12.3. The van der Waals surface area contributed by atoms with E-state index >= 15 is 0 Å². The van der Waals surface area contributed by atoms with Crippen molar-refractivity contribution in [2.45, 2.75) is 6.42 Å². The van der Waals surface area contributed by atoms with Crippen molar-refractivity contribution < 1.29 is 9.53 Å². The molecule has 0 aliphatic carbocycles. The van der Waals surface area contributed by atoms with Gasteiger partial charge in [-0.25, -0.2) is 4.98 Å². The summed E-state index contributed by atoms with van der Waals surface area (Å²) in [5.74, 6) is 0.572. The first-order valence-electron chi connectivity index (χ1n) is 6.48. The number of carbonyl (C=O) groups excluding carboxylic acids is 1. The number of hydrogen-bond donors (Lipinski definition) is 1. The highest BCUT2D eigenvalue weighted by Crippen LogP contribution is 2.25. The molecule has 3 aromatic rings. The SMILES string of the molecule is COc1ccc(N)c(C(=O)Cc2nc3ccccc3s2)c1. The molecule has 2 aromatic carbocycles. The topological polar surface area (TPSA) is 65.2 Å². The standard InChI is InChI=1S/C16H14N2O2S/c1-20-10-6-7-12(17)11(8-10)14(19)9-16-18-13-4-2-3-5-15(13)21-16/h2-8H,9,17H2,1H3. The van der Waals surface area contributed by atoms with Gasteiger partial charge in [0.1, 0.15) is 10.8 Å². The van der Waals surface area contributed by atoms with Gasteiger partial charge < -0.3 is 10.5 Å². The van der Waals surface area contributed by atoms with E-state index in [-0.39, 0.29) is 12.2 Å². The van der Waals surface area contributed by atoms with Gasteiger partial charge in [-0.3, -0.25) is 4.79 Å². The lowest BCUT2D eigenvalue weighted by Crippen LogP contribution is -2.07. The number of ketones is 1. The number of fused-ring (bicyclic) bond motifs is 1. The Morgan fingerprint density at radius 2 is 2.10 bits per heavy atom. The number of Topliss-reactive ketones (excluding diaryl/α,β-unsaturated/α-hetero) is 1. The third-order valence-electron chi connectivity index (χ3n) is 3.21. The molecular weight excluding hydrogens is 284 g/mol. The van der Waals surface area contributed by atoms with Crippen LogP contribution in [-0.4, -0.2) is 17.9 Å². The Hall–Kier alpha value is -2.40. The van der Waals surface area contributed by atoms with Crippen LogP contribution in [0.5, 0.6) is 5.75 Å². The van der Waals surface area contributed by atoms with Crippen molar-refractivity contribution in [2.24, 2.45) is 0 Å². The molecule has 0 unspecified atom stereocenters. The Kier molecular flexibility index (Phi) is 3.58. The lowest BCUT2D eigenvalue weighted by molar-refractivity contribution is 0.0993. The van der Waals surface area contributed by atoms with Crippen molar-refractivity contribution in [3.05, 3.63) is 53.0 Å². The second-order valence-corrected chi connectivity index (χ2v) is 5.74. The zero-order valence-electron chi connectivity index (χ0n) is 11.5. The van der Waals surface area contributed by atoms with Gasteiger partial charge in [0.15, 0.2) is 5.78 Å². The first-order valence-corrected chi connectivity index (χ1v) is 7.30. The third-order valence-corrected chi connectivity index (χ3v) is 4.25. The van der Waals surface area contributed by atoms with Crippen molar-refractivity contribution >= 4 is 33.0 Å². The highest BCUT2D eigenvalue weighted by molar-refractivity contribution is 7.18. The predicted octanol–water partition coefficient (Wildman–Crippen LogP) is 3.31. The molecule has 0 radical (unpaired) electrons. The minimum Gasteiger partial charge on any atom is -0.497 e. The van der Waals surface area contributed by atoms with Crippen LogP contribution in [0.2, 0.25) is 0 Å². The van der Waals surface area contributed by atoms with Gasteiger partial charge in [-0.1, -0.05) is 12.1 Å². The number of carbonyl (C=O) groups is 1.